The Labute approximate surface area is 318 Å². The molecule has 0 N–H and O–H groups in total. The normalized spacial score (nSPS) is 13.1. The number of para-hydroxylation sites is 1. The standard InChI is InChI=1S/C51H35NOS/c1-51(2)42-20-9-6-17-37(42)38-25-23-35(30-43(38)51)52(36-24-26-40-39-18-7-10-21-45(39)53-46(40)31-36)44-27-28-48-50(41-19-8-11-22-47(41)54-48)49(44)34-16-12-15-33(29-34)32-13-4-3-5-14-32/h3-31H,1-2H3. The van der Waals surface area contributed by atoms with Crippen LogP contribution in [0.2, 0.25) is 0 Å². The smallest absolute Gasteiger partial charge is 0.137 e. The van der Waals surface area contributed by atoms with Crippen molar-refractivity contribution in [1.82, 2.24) is 0 Å². The molecule has 2 aromatic heterocycles. The number of rotatable bonds is 5. The number of thiophene rings is 1. The number of fused-ring (bicyclic) bond motifs is 9. The largest absolute Gasteiger partial charge is 0.456 e. The first kappa shape index (κ1) is 31.1. The maximum atomic E-state index is 6.53. The minimum absolute atomic E-state index is 0.142. The van der Waals surface area contributed by atoms with Crippen molar-refractivity contribution in [1.29, 1.82) is 0 Å². The minimum atomic E-state index is -0.142. The Hall–Kier alpha value is -6.42. The van der Waals surface area contributed by atoms with E-state index in [-0.39, 0.29) is 5.41 Å². The molecule has 2 heterocycles. The van der Waals surface area contributed by atoms with Gasteiger partial charge in [-0.05, 0) is 93.5 Å². The van der Waals surface area contributed by atoms with Crippen molar-refractivity contribution in [2.24, 2.45) is 0 Å². The van der Waals surface area contributed by atoms with Gasteiger partial charge in [-0.15, -0.1) is 11.3 Å². The van der Waals surface area contributed by atoms with Crippen LogP contribution in [0.1, 0.15) is 25.0 Å². The molecule has 0 fully saturated rings. The fourth-order valence-electron chi connectivity index (χ4n) is 8.88. The first-order valence-corrected chi connectivity index (χ1v) is 19.4. The molecule has 0 saturated carbocycles. The molecule has 0 radical (unpaired) electrons. The van der Waals surface area contributed by atoms with Gasteiger partial charge in [0.25, 0.3) is 0 Å². The van der Waals surface area contributed by atoms with Crippen molar-refractivity contribution in [2.75, 3.05) is 4.90 Å². The Morgan fingerprint density at radius 2 is 1.15 bits per heavy atom. The Morgan fingerprint density at radius 3 is 2.06 bits per heavy atom. The summed E-state index contributed by atoms with van der Waals surface area (Å²) in [5.41, 5.74) is 15.1. The third-order valence-electron chi connectivity index (χ3n) is 11.5. The molecular formula is C51H35NOS. The molecule has 0 aliphatic heterocycles. The summed E-state index contributed by atoms with van der Waals surface area (Å²) in [6.07, 6.45) is 0. The zero-order valence-corrected chi connectivity index (χ0v) is 30.8. The van der Waals surface area contributed by atoms with Crippen LogP contribution in [0.4, 0.5) is 17.1 Å². The van der Waals surface area contributed by atoms with E-state index in [1.54, 1.807) is 0 Å². The van der Waals surface area contributed by atoms with E-state index in [4.69, 9.17) is 4.42 Å². The van der Waals surface area contributed by atoms with Gasteiger partial charge >= 0.3 is 0 Å². The van der Waals surface area contributed by atoms with Crippen LogP contribution in [0, 0.1) is 0 Å². The van der Waals surface area contributed by atoms with Gasteiger partial charge < -0.3 is 9.32 Å². The predicted molar refractivity (Wildman–Crippen MR) is 230 cm³/mol. The Bertz CT molecular complexity index is 3090. The van der Waals surface area contributed by atoms with E-state index in [9.17, 15) is 0 Å². The van der Waals surface area contributed by atoms with Crippen molar-refractivity contribution < 1.29 is 4.42 Å². The fraction of sp³-hybridized carbons (Fsp3) is 0.0588. The molecule has 10 aromatic rings. The van der Waals surface area contributed by atoms with Gasteiger partial charge in [-0.1, -0.05) is 129 Å². The molecule has 1 aliphatic carbocycles. The fourth-order valence-corrected chi connectivity index (χ4v) is 10.00. The van der Waals surface area contributed by atoms with Gasteiger partial charge in [0.1, 0.15) is 11.2 Å². The molecule has 0 spiro atoms. The second kappa shape index (κ2) is 11.8. The van der Waals surface area contributed by atoms with E-state index in [2.05, 4.69) is 189 Å². The lowest BCUT2D eigenvalue weighted by Gasteiger charge is -2.30. The number of furan rings is 1. The summed E-state index contributed by atoms with van der Waals surface area (Å²) < 4.78 is 9.10. The second-order valence-corrected chi connectivity index (χ2v) is 16.0. The predicted octanol–water partition coefficient (Wildman–Crippen LogP) is 15.1. The van der Waals surface area contributed by atoms with E-state index in [0.29, 0.717) is 0 Å². The molecule has 0 bridgehead atoms. The maximum absolute atomic E-state index is 6.53. The third kappa shape index (κ3) is 4.65. The summed E-state index contributed by atoms with van der Waals surface area (Å²) >= 11 is 1.86. The monoisotopic (exact) mass is 709 g/mol. The van der Waals surface area contributed by atoms with Gasteiger partial charge in [-0.2, -0.15) is 0 Å². The van der Waals surface area contributed by atoms with E-state index in [0.717, 1.165) is 39.0 Å². The zero-order chi connectivity index (χ0) is 36.0. The topological polar surface area (TPSA) is 16.4 Å². The van der Waals surface area contributed by atoms with E-state index >= 15 is 0 Å². The molecule has 256 valence electrons. The molecule has 0 atom stereocenters. The van der Waals surface area contributed by atoms with Gasteiger partial charge in [-0.25, -0.2) is 0 Å². The summed E-state index contributed by atoms with van der Waals surface area (Å²) in [7, 11) is 0. The van der Waals surface area contributed by atoms with Crippen LogP contribution in [0.15, 0.2) is 180 Å². The van der Waals surface area contributed by atoms with Crippen LogP contribution < -0.4 is 4.90 Å². The number of benzene rings is 8. The van der Waals surface area contributed by atoms with E-state index in [1.807, 2.05) is 17.4 Å². The lowest BCUT2D eigenvalue weighted by Crippen LogP contribution is -2.17. The van der Waals surface area contributed by atoms with Crippen molar-refractivity contribution in [3.63, 3.8) is 0 Å². The maximum Gasteiger partial charge on any atom is 0.137 e. The highest BCUT2D eigenvalue weighted by molar-refractivity contribution is 7.26. The van der Waals surface area contributed by atoms with Gasteiger partial charge in [0.2, 0.25) is 0 Å². The molecule has 3 heteroatoms. The van der Waals surface area contributed by atoms with E-state index < -0.39 is 0 Å². The Kier molecular flexibility index (Phi) is 6.80. The van der Waals surface area contributed by atoms with Gasteiger partial charge in [0.15, 0.2) is 0 Å². The zero-order valence-electron chi connectivity index (χ0n) is 30.0. The second-order valence-electron chi connectivity index (χ2n) is 14.9. The highest BCUT2D eigenvalue weighted by Gasteiger charge is 2.36. The Morgan fingerprint density at radius 1 is 0.463 bits per heavy atom. The molecule has 8 aromatic carbocycles. The van der Waals surface area contributed by atoms with E-state index in [1.165, 1.54) is 64.7 Å². The first-order chi connectivity index (χ1) is 26.5. The van der Waals surface area contributed by atoms with Gasteiger partial charge in [0.05, 0.1) is 5.69 Å². The van der Waals surface area contributed by atoms with Crippen LogP contribution >= 0.6 is 11.3 Å². The lowest BCUT2D eigenvalue weighted by molar-refractivity contribution is 0.660. The molecule has 0 saturated heterocycles. The Balaban J connectivity index is 1.22. The SMILES string of the molecule is CC1(C)c2ccccc2-c2ccc(N(c3ccc4c(c3)oc3ccccc34)c3ccc4sc5ccccc5c4c3-c3cccc(-c4ccccc4)c3)cc21. The molecule has 0 amide bonds. The van der Waals surface area contributed by atoms with Crippen LogP contribution in [-0.2, 0) is 5.41 Å². The van der Waals surface area contributed by atoms with Crippen LogP contribution in [0.3, 0.4) is 0 Å². The molecule has 2 nitrogen and oxygen atoms in total. The minimum Gasteiger partial charge on any atom is -0.456 e. The molecule has 0 unspecified atom stereocenters. The summed E-state index contributed by atoms with van der Waals surface area (Å²) in [6.45, 7) is 4.71. The lowest BCUT2D eigenvalue weighted by atomic mass is 9.82. The van der Waals surface area contributed by atoms with Crippen molar-refractivity contribution >= 4 is 70.5 Å². The van der Waals surface area contributed by atoms with Crippen molar-refractivity contribution in [3.8, 4) is 33.4 Å². The van der Waals surface area contributed by atoms with Crippen molar-refractivity contribution in [2.45, 2.75) is 19.3 Å². The number of nitrogens with zero attached hydrogens (tertiary/aromatic N) is 1. The summed E-state index contributed by atoms with van der Waals surface area (Å²) in [4.78, 5) is 2.46. The number of anilines is 3. The van der Waals surface area contributed by atoms with Crippen LogP contribution in [0.5, 0.6) is 0 Å². The molecular weight excluding hydrogens is 675 g/mol. The average Bonchev–Trinajstić information content (AvgIpc) is 3.86. The number of hydrogen-bond donors (Lipinski definition) is 0. The average molecular weight is 710 g/mol. The molecule has 1 aliphatic rings. The summed E-state index contributed by atoms with van der Waals surface area (Å²) in [5.74, 6) is 0. The summed E-state index contributed by atoms with van der Waals surface area (Å²) in [6, 6.07) is 64.2. The quantitative estimate of drug-likeness (QED) is 0.177. The highest BCUT2D eigenvalue weighted by atomic mass is 32.1. The number of hydrogen-bond acceptors (Lipinski definition) is 3. The van der Waals surface area contributed by atoms with Crippen LogP contribution in [-0.4, -0.2) is 0 Å². The van der Waals surface area contributed by atoms with Crippen molar-refractivity contribution in [3.05, 3.63) is 187 Å². The molecule has 54 heavy (non-hydrogen) atoms. The summed E-state index contributed by atoms with van der Waals surface area (Å²) in [5, 5.41) is 4.81. The molecule has 11 rings (SSSR count). The van der Waals surface area contributed by atoms with Gasteiger partial charge in [-0.3, -0.25) is 0 Å². The van der Waals surface area contributed by atoms with Gasteiger partial charge in [0, 0.05) is 59.4 Å². The highest BCUT2D eigenvalue weighted by Crippen LogP contribution is 2.53. The third-order valence-corrected chi connectivity index (χ3v) is 12.6. The van der Waals surface area contributed by atoms with Crippen LogP contribution in [0.25, 0.3) is 75.5 Å². The first-order valence-electron chi connectivity index (χ1n) is 18.6.